The minimum absolute atomic E-state index is 0.0352. The molecule has 2 aromatic rings. The van der Waals surface area contributed by atoms with Crippen LogP contribution in [0.15, 0.2) is 18.2 Å². The van der Waals surface area contributed by atoms with E-state index in [1.165, 1.54) is 0 Å². The van der Waals surface area contributed by atoms with E-state index in [-0.39, 0.29) is 24.3 Å². The zero-order valence-electron chi connectivity index (χ0n) is 16.5. The maximum Gasteiger partial charge on any atom is 0.244 e. The number of hydrogen-bond acceptors (Lipinski definition) is 4. The van der Waals surface area contributed by atoms with Gasteiger partial charge in [-0.25, -0.2) is 10.5 Å². The van der Waals surface area contributed by atoms with Crippen molar-refractivity contribution in [1.82, 2.24) is 20.8 Å². The molecule has 0 aliphatic carbocycles. The van der Waals surface area contributed by atoms with Crippen LogP contribution in [0.5, 0.6) is 0 Å². The topological polar surface area (TPSA) is 107 Å². The molecule has 1 aromatic heterocycles. The summed E-state index contributed by atoms with van der Waals surface area (Å²) in [6.45, 7) is 8.09. The minimum Gasteiger partial charge on any atom is -0.346 e. The number of imidazole rings is 1. The Morgan fingerprint density at radius 3 is 2.67 bits per heavy atom. The van der Waals surface area contributed by atoms with Crippen LogP contribution in [0.2, 0.25) is 0 Å². The molecular formula is C20H30N4O3. The van der Waals surface area contributed by atoms with Gasteiger partial charge in [0.05, 0.1) is 17.1 Å². The van der Waals surface area contributed by atoms with Crippen LogP contribution in [0.3, 0.4) is 0 Å². The molecule has 0 saturated heterocycles. The minimum atomic E-state index is -0.549. The highest BCUT2D eigenvalue weighted by molar-refractivity contribution is 5.85. The first-order chi connectivity index (χ1) is 12.8. The van der Waals surface area contributed by atoms with Gasteiger partial charge in [-0.1, -0.05) is 39.7 Å². The van der Waals surface area contributed by atoms with E-state index < -0.39 is 11.8 Å². The van der Waals surface area contributed by atoms with Gasteiger partial charge in [0.2, 0.25) is 11.8 Å². The van der Waals surface area contributed by atoms with Crippen LogP contribution in [0.1, 0.15) is 63.9 Å². The number of benzene rings is 1. The highest BCUT2D eigenvalue weighted by atomic mass is 16.5. The first kappa shape index (κ1) is 20.9. The lowest BCUT2D eigenvalue weighted by molar-refractivity contribution is -0.135. The zero-order valence-corrected chi connectivity index (χ0v) is 16.5. The Labute approximate surface area is 159 Å². The average molecular weight is 374 g/mol. The fourth-order valence-corrected chi connectivity index (χ4v) is 3.16. The van der Waals surface area contributed by atoms with Crippen LogP contribution in [0.25, 0.3) is 11.0 Å². The molecule has 0 fully saturated rings. The van der Waals surface area contributed by atoms with Crippen molar-refractivity contribution in [3.05, 3.63) is 29.6 Å². The molecule has 4 N–H and O–H groups in total. The maximum atomic E-state index is 12.8. The van der Waals surface area contributed by atoms with Gasteiger partial charge in [0.25, 0.3) is 0 Å². The Morgan fingerprint density at radius 1 is 1.30 bits per heavy atom. The SMILES string of the molecule is CCCC[C@H](CC(=O)NO)C(=O)N[C@H](c1nc2ccc(C)cc2[nH]1)C(C)C. The second-order valence-corrected chi connectivity index (χ2v) is 7.45. The molecule has 7 heteroatoms. The van der Waals surface area contributed by atoms with Crippen molar-refractivity contribution in [1.29, 1.82) is 0 Å². The summed E-state index contributed by atoms with van der Waals surface area (Å²) in [5.74, 6) is -0.396. The van der Waals surface area contributed by atoms with Crippen molar-refractivity contribution in [2.45, 2.75) is 59.4 Å². The largest absolute Gasteiger partial charge is 0.346 e. The number of carbonyl (C=O) groups excluding carboxylic acids is 2. The van der Waals surface area contributed by atoms with Crippen LogP contribution < -0.4 is 10.8 Å². The van der Waals surface area contributed by atoms with E-state index in [1.54, 1.807) is 5.48 Å². The Hall–Kier alpha value is -2.41. The third-order valence-corrected chi connectivity index (χ3v) is 4.75. The summed E-state index contributed by atoms with van der Waals surface area (Å²) in [7, 11) is 0. The Morgan fingerprint density at radius 2 is 2.04 bits per heavy atom. The summed E-state index contributed by atoms with van der Waals surface area (Å²) in [6, 6.07) is 5.70. The number of rotatable bonds is 9. The van der Waals surface area contributed by atoms with Gasteiger partial charge in [-0.3, -0.25) is 14.8 Å². The van der Waals surface area contributed by atoms with Crippen molar-refractivity contribution in [2.24, 2.45) is 11.8 Å². The molecule has 0 saturated carbocycles. The van der Waals surface area contributed by atoms with Crippen LogP contribution in [-0.4, -0.2) is 27.0 Å². The van der Waals surface area contributed by atoms with E-state index in [4.69, 9.17) is 5.21 Å². The molecular weight excluding hydrogens is 344 g/mol. The van der Waals surface area contributed by atoms with Gasteiger partial charge in [0.15, 0.2) is 0 Å². The van der Waals surface area contributed by atoms with Crippen molar-refractivity contribution in [3.8, 4) is 0 Å². The van der Waals surface area contributed by atoms with E-state index in [1.807, 2.05) is 45.9 Å². The van der Waals surface area contributed by atoms with E-state index in [0.29, 0.717) is 12.2 Å². The average Bonchev–Trinajstić information content (AvgIpc) is 3.04. The lowest BCUT2D eigenvalue weighted by atomic mass is 9.95. The van der Waals surface area contributed by atoms with Crippen molar-refractivity contribution >= 4 is 22.8 Å². The van der Waals surface area contributed by atoms with Gasteiger partial charge in [-0.05, 0) is 37.0 Å². The molecule has 0 aliphatic rings. The fourth-order valence-electron chi connectivity index (χ4n) is 3.16. The van der Waals surface area contributed by atoms with Crippen molar-refractivity contribution in [2.75, 3.05) is 0 Å². The molecule has 0 aliphatic heterocycles. The highest BCUT2D eigenvalue weighted by Gasteiger charge is 2.27. The second kappa shape index (κ2) is 9.50. The lowest BCUT2D eigenvalue weighted by Crippen LogP contribution is -2.38. The van der Waals surface area contributed by atoms with Gasteiger partial charge in [-0.2, -0.15) is 0 Å². The number of aryl methyl sites for hydroxylation is 1. The predicted molar refractivity (Wildman–Crippen MR) is 104 cm³/mol. The monoisotopic (exact) mass is 374 g/mol. The number of hydroxylamine groups is 1. The summed E-state index contributed by atoms with van der Waals surface area (Å²) in [6.07, 6.45) is 2.33. The number of aromatic nitrogens is 2. The van der Waals surface area contributed by atoms with Crippen LogP contribution in [-0.2, 0) is 9.59 Å². The van der Waals surface area contributed by atoms with Crippen molar-refractivity contribution in [3.63, 3.8) is 0 Å². The van der Waals surface area contributed by atoms with Crippen LogP contribution in [0.4, 0.5) is 0 Å². The quantitative estimate of drug-likeness (QED) is 0.399. The summed E-state index contributed by atoms with van der Waals surface area (Å²) in [4.78, 5) is 32.4. The van der Waals surface area contributed by atoms with E-state index >= 15 is 0 Å². The smallest absolute Gasteiger partial charge is 0.244 e. The molecule has 0 unspecified atom stereocenters. The zero-order chi connectivity index (χ0) is 20.0. The number of nitrogens with one attached hydrogen (secondary N) is 3. The molecule has 2 rings (SSSR count). The van der Waals surface area contributed by atoms with Crippen molar-refractivity contribution < 1.29 is 14.8 Å². The van der Waals surface area contributed by atoms with Crippen LogP contribution >= 0.6 is 0 Å². The summed E-state index contributed by atoms with van der Waals surface area (Å²) in [5, 5.41) is 11.8. The van der Waals surface area contributed by atoms with Crippen LogP contribution in [0, 0.1) is 18.8 Å². The molecule has 1 heterocycles. The Bertz CT molecular complexity index is 785. The summed E-state index contributed by atoms with van der Waals surface area (Å²) >= 11 is 0. The molecule has 27 heavy (non-hydrogen) atoms. The Kier molecular flexibility index (Phi) is 7.36. The number of H-pyrrole nitrogens is 1. The Balaban J connectivity index is 2.21. The van der Waals surface area contributed by atoms with Gasteiger partial charge >= 0.3 is 0 Å². The molecule has 2 amide bonds. The normalized spacial score (nSPS) is 13.6. The number of nitrogens with zero attached hydrogens (tertiary/aromatic N) is 1. The van der Waals surface area contributed by atoms with Gasteiger partial charge in [-0.15, -0.1) is 0 Å². The molecule has 1 aromatic carbocycles. The highest BCUT2D eigenvalue weighted by Crippen LogP contribution is 2.24. The van der Waals surface area contributed by atoms with Gasteiger partial charge < -0.3 is 10.3 Å². The molecule has 0 radical (unpaired) electrons. The first-order valence-electron chi connectivity index (χ1n) is 9.55. The van der Waals surface area contributed by atoms with E-state index in [9.17, 15) is 9.59 Å². The standard InChI is InChI=1S/C20H30N4O3/c1-5-6-7-14(11-17(25)24-27)20(26)23-18(12(2)3)19-21-15-9-8-13(4)10-16(15)22-19/h8-10,12,14,18,27H,5-7,11H2,1-4H3,(H,21,22)(H,23,26)(H,24,25)/t14-,18+/m1/s1. The van der Waals surface area contributed by atoms with E-state index in [0.717, 1.165) is 29.4 Å². The summed E-state index contributed by atoms with van der Waals surface area (Å²) in [5.41, 5.74) is 4.55. The predicted octanol–water partition coefficient (Wildman–Crippen LogP) is 3.39. The number of aromatic amines is 1. The number of amides is 2. The number of hydrogen-bond donors (Lipinski definition) is 4. The molecule has 7 nitrogen and oxygen atoms in total. The number of unbranched alkanes of at least 4 members (excludes halogenated alkanes) is 1. The third-order valence-electron chi connectivity index (χ3n) is 4.75. The second-order valence-electron chi connectivity index (χ2n) is 7.45. The third kappa shape index (κ3) is 5.53. The van der Waals surface area contributed by atoms with E-state index in [2.05, 4.69) is 15.3 Å². The molecule has 0 bridgehead atoms. The van der Waals surface area contributed by atoms with Gasteiger partial charge in [0, 0.05) is 12.3 Å². The molecule has 0 spiro atoms. The molecule has 148 valence electrons. The number of fused-ring (bicyclic) bond motifs is 1. The number of carbonyl (C=O) groups is 2. The maximum absolute atomic E-state index is 12.8. The summed E-state index contributed by atoms with van der Waals surface area (Å²) < 4.78 is 0. The lowest BCUT2D eigenvalue weighted by Gasteiger charge is -2.23. The first-order valence-corrected chi connectivity index (χ1v) is 9.55. The fraction of sp³-hybridized carbons (Fsp3) is 0.550. The van der Waals surface area contributed by atoms with Gasteiger partial charge in [0.1, 0.15) is 5.82 Å². The molecule has 2 atom stereocenters.